The number of nitrogens with two attached hydrogens (primary N) is 1. The van der Waals surface area contributed by atoms with Gasteiger partial charge in [0.2, 0.25) is 0 Å². The van der Waals surface area contributed by atoms with Crippen molar-refractivity contribution in [1.82, 2.24) is 0 Å². The van der Waals surface area contributed by atoms with Gasteiger partial charge in [-0.1, -0.05) is 228 Å². The lowest BCUT2D eigenvalue weighted by atomic mass is 10.0. The van der Waals surface area contributed by atoms with Crippen LogP contribution in [-0.4, -0.2) is 0 Å². The number of terminal acetylenes is 1. The first kappa shape index (κ1) is 49.0. The van der Waals surface area contributed by atoms with Gasteiger partial charge in [-0.05, 0) is 65.9 Å². The molecule has 0 heterocycles. The molecule has 8 aromatic carbocycles. The highest BCUT2D eigenvalue weighted by molar-refractivity contribution is 9.10. The van der Waals surface area contributed by atoms with Crippen LogP contribution in [0.5, 0.6) is 0 Å². The molecule has 0 aliphatic rings. The van der Waals surface area contributed by atoms with E-state index in [1.165, 1.54) is 16.7 Å². The van der Waals surface area contributed by atoms with Crippen molar-refractivity contribution in [3.63, 3.8) is 0 Å². The summed E-state index contributed by atoms with van der Waals surface area (Å²) in [4.78, 5) is 9.90. The number of halogens is 1. The van der Waals surface area contributed by atoms with Crippen LogP contribution in [-0.2, 0) is 19.4 Å². The van der Waals surface area contributed by atoms with E-state index in [0.29, 0.717) is 23.6 Å². The maximum Gasteiger partial charge on any atom is 0.187 e. The van der Waals surface area contributed by atoms with Crippen molar-refractivity contribution >= 4 is 33.0 Å². The van der Waals surface area contributed by atoms with Gasteiger partial charge in [0.05, 0.1) is 19.7 Å². The molecule has 312 valence electrons. The minimum atomic E-state index is 0.624. The van der Waals surface area contributed by atoms with Gasteiger partial charge in [0.15, 0.2) is 17.1 Å². The molecule has 0 atom stereocenters. The average Bonchev–Trinajstić information content (AvgIpc) is 3.39. The van der Waals surface area contributed by atoms with Crippen LogP contribution in [0.4, 0.5) is 17.1 Å². The Balaban J connectivity index is 0.000000182. The second-order valence-corrected chi connectivity index (χ2v) is 14.6. The Bertz CT molecular complexity index is 2790. The highest BCUT2D eigenvalue weighted by Crippen LogP contribution is 2.16. The van der Waals surface area contributed by atoms with E-state index in [9.17, 15) is 0 Å². The standard InChI is InChI=1S/2C15H9N.C15H17N.C8H6.C7H4BrN/c2*1-16-15-11-9-14(10-12-15)8-7-13-5-3-2-4-6-13;16-12-15-10-8-14(9-11-15)7-6-13-4-2-1-3-5-13;1-2-8-6-4-3-5-7-8;1-9-7-4-2-6(8)3-5-7/h2*2-6,9-12H;1-5,8-11H,6-7,12,16H2;1,3-7H;2-5H. The SMILES string of the molecule is C#Cc1ccccc1.NCc1ccc(CCc2ccccc2)cc1.[C-]#[N+]c1ccc(Br)cc1.[C-]#[N+]c1ccc(C#Cc2ccccc2)cc1.[C-]#[N+]c1ccc(C#Cc2ccccc2)cc1. The summed E-state index contributed by atoms with van der Waals surface area (Å²) in [6.07, 6.45) is 7.29. The maximum atomic E-state index is 6.84. The largest absolute Gasteiger partial charge is 0.326 e. The summed E-state index contributed by atoms with van der Waals surface area (Å²) in [5, 5.41) is 0. The molecule has 4 nitrogen and oxygen atoms in total. The van der Waals surface area contributed by atoms with E-state index in [1.807, 2.05) is 127 Å². The van der Waals surface area contributed by atoms with Gasteiger partial charge in [-0.15, -0.1) is 6.42 Å². The molecule has 8 rings (SSSR count). The molecule has 0 spiro atoms. The van der Waals surface area contributed by atoms with E-state index >= 15 is 0 Å². The van der Waals surface area contributed by atoms with E-state index < -0.39 is 0 Å². The molecule has 0 bridgehead atoms. The Morgan fingerprint density at radius 2 is 0.662 bits per heavy atom. The maximum absolute atomic E-state index is 6.84. The summed E-state index contributed by atoms with van der Waals surface area (Å²) in [6.45, 7) is 20.9. The number of rotatable bonds is 4. The number of aryl methyl sites for hydroxylation is 2. The lowest BCUT2D eigenvalue weighted by molar-refractivity contribution is 0.955. The fourth-order valence-electron chi connectivity index (χ4n) is 5.40. The molecule has 0 amide bonds. The third-order valence-electron chi connectivity index (χ3n) is 8.94. The van der Waals surface area contributed by atoms with Crippen molar-refractivity contribution < 1.29 is 0 Å². The van der Waals surface area contributed by atoms with Crippen LogP contribution >= 0.6 is 15.9 Å². The quantitative estimate of drug-likeness (QED) is 0.139. The van der Waals surface area contributed by atoms with Gasteiger partial charge in [-0.3, -0.25) is 0 Å². The van der Waals surface area contributed by atoms with E-state index in [2.05, 4.69) is 115 Å². The summed E-state index contributed by atoms with van der Waals surface area (Å²) in [6, 6.07) is 70.3. The molecule has 0 radical (unpaired) electrons. The van der Waals surface area contributed by atoms with E-state index in [-0.39, 0.29) is 0 Å². The van der Waals surface area contributed by atoms with Gasteiger partial charge in [0.1, 0.15) is 0 Å². The molecule has 8 aromatic rings. The predicted octanol–water partition coefficient (Wildman–Crippen LogP) is 14.9. The first-order valence-corrected chi connectivity index (χ1v) is 21.3. The van der Waals surface area contributed by atoms with Crippen LogP contribution in [0.25, 0.3) is 14.5 Å². The third-order valence-corrected chi connectivity index (χ3v) is 9.47. The predicted molar refractivity (Wildman–Crippen MR) is 273 cm³/mol. The fourth-order valence-corrected chi connectivity index (χ4v) is 5.66. The zero-order valence-electron chi connectivity index (χ0n) is 35.8. The van der Waals surface area contributed by atoms with Gasteiger partial charge in [0.25, 0.3) is 0 Å². The first-order valence-electron chi connectivity index (χ1n) is 20.5. The Kier molecular flexibility index (Phi) is 22.3. The van der Waals surface area contributed by atoms with Gasteiger partial charge in [-0.25, -0.2) is 14.5 Å². The summed E-state index contributed by atoms with van der Waals surface area (Å²) < 4.78 is 1.01. The van der Waals surface area contributed by atoms with Crippen molar-refractivity contribution in [3.05, 3.63) is 302 Å². The van der Waals surface area contributed by atoms with E-state index in [1.54, 1.807) is 36.4 Å². The molecule has 65 heavy (non-hydrogen) atoms. The van der Waals surface area contributed by atoms with Gasteiger partial charge in [-0.2, -0.15) is 0 Å². The van der Waals surface area contributed by atoms with Crippen LogP contribution in [0.3, 0.4) is 0 Å². The van der Waals surface area contributed by atoms with Crippen LogP contribution in [0.15, 0.2) is 223 Å². The molecular formula is C60H45BrN4. The number of benzene rings is 8. The molecule has 0 saturated carbocycles. The van der Waals surface area contributed by atoms with Crippen molar-refractivity contribution in [2.75, 3.05) is 0 Å². The van der Waals surface area contributed by atoms with Crippen molar-refractivity contribution in [1.29, 1.82) is 0 Å². The first-order chi connectivity index (χ1) is 31.9. The molecule has 0 aliphatic heterocycles. The Morgan fingerprint density at radius 3 is 0.985 bits per heavy atom. The zero-order chi connectivity index (χ0) is 46.2. The minimum Gasteiger partial charge on any atom is -0.326 e. The van der Waals surface area contributed by atoms with E-state index in [4.69, 9.17) is 31.9 Å². The van der Waals surface area contributed by atoms with Crippen LogP contribution < -0.4 is 5.73 Å². The fraction of sp³-hybridized carbons (Fsp3) is 0.0500. The topological polar surface area (TPSA) is 39.1 Å². The van der Waals surface area contributed by atoms with Gasteiger partial charge in [0, 0.05) is 38.8 Å². The Labute approximate surface area is 393 Å². The summed E-state index contributed by atoms with van der Waals surface area (Å²) >= 11 is 3.27. The highest BCUT2D eigenvalue weighted by Gasteiger charge is 1.96. The van der Waals surface area contributed by atoms with Crippen LogP contribution in [0.2, 0.25) is 0 Å². The third kappa shape index (κ3) is 20.2. The molecule has 0 aliphatic carbocycles. The molecule has 0 saturated heterocycles. The monoisotopic (exact) mass is 900 g/mol. The highest BCUT2D eigenvalue weighted by atomic mass is 79.9. The summed E-state index contributed by atoms with van der Waals surface area (Å²) in [5.74, 6) is 14.8. The zero-order valence-corrected chi connectivity index (χ0v) is 37.4. The average molecular weight is 902 g/mol. The smallest absolute Gasteiger partial charge is 0.187 e. The molecular weight excluding hydrogens is 857 g/mol. The lowest BCUT2D eigenvalue weighted by Gasteiger charge is -2.03. The molecule has 0 unspecified atom stereocenters. The second-order valence-electron chi connectivity index (χ2n) is 13.7. The number of hydrogen-bond donors (Lipinski definition) is 1. The Hall–Kier alpha value is -8.65. The number of nitrogens with zero attached hydrogens (tertiary/aromatic N) is 3. The number of hydrogen-bond acceptors (Lipinski definition) is 1. The lowest BCUT2D eigenvalue weighted by Crippen LogP contribution is -1.96. The van der Waals surface area contributed by atoms with Crippen molar-refractivity contribution in [2.24, 2.45) is 5.73 Å². The van der Waals surface area contributed by atoms with Crippen LogP contribution in [0.1, 0.15) is 44.5 Å². The molecule has 0 fully saturated rings. The second kappa shape index (κ2) is 29.6. The Morgan fingerprint density at radius 1 is 0.369 bits per heavy atom. The normalized spacial score (nSPS) is 8.95. The summed E-state index contributed by atoms with van der Waals surface area (Å²) in [5.41, 5.74) is 16.3. The van der Waals surface area contributed by atoms with Crippen molar-refractivity contribution in [2.45, 2.75) is 19.4 Å². The van der Waals surface area contributed by atoms with Gasteiger partial charge >= 0.3 is 0 Å². The van der Waals surface area contributed by atoms with E-state index in [0.717, 1.165) is 45.1 Å². The van der Waals surface area contributed by atoms with Gasteiger partial charge < -0.3 is 5.73 Å². The molecule has 2 N–H and O–H groups in total. The molecule has 5 heteroatoms. The molecule has 0 aromatic heterocycles. The van der Waals surface area contributed by atoms with Crippen LogP contribution in [0, 0.1) is 55.7 Å². The minimum absolute atomic E-state index is 0.624. The van der Waals surface area contributed by atoms with Crippen molar-refractivity contribution in [3.8, 4) is 36.0 Å². The summed E-state index contributed by atoms with van der Waals surface area (Å²) in [7, 11) is 0.